The molecule has 0 N–H and O–H groups in total. The second kappa shape index (κ2) is 10.7. The van der Waals surface area contributed by atoms with Gasteiger partial charge in [-0.3, -0.25) is 9.59 Å². The molecule has 1 saturated heterocycles. The Balaban J connectivity index is 1.16. The van der Waals surface area contributed by atoms with Crippen LogP contribution in [0.2, 0.25) is 0 Å². The molecule has 37 heavy (non-hydrogen) atoms. The fourth-order valence-corrected chi connectivity index (χ4v) is 4.42. The number of methoxy groups -OCH3 is 1. The molecule has 0 aliphatic carbocycles. The van der Waals surface area contributed by atoms with Crippen molar-refractivity contribution < 1.29 is 23.8 Å². The van der Waals surface area contributed by atoms with Gasteiger partial charge in [-0.25, -0.2) is 0 Å². The predicted octanol–water partition coefficient (Wildman–Crippen LogP) is 2.58. The van der Waals surface area contributed by atoms with Crippen LogP contribution in [0.5, 0.6) is 17.2 Å². The zero-order chi connectivity index (χ0) is 25.8. The number of rotatable bonds is 7. The second-order valence-corrected chi connectivity index (χ2v) is 8.94. The number of ether oxygens (including phenoxy) is 3. The molecule has 3 heterocycles. The molecule has 0 atom stereocenters. The van der Waals surface area contributed by atoms with Gasteiger partial charge in [-0.1, -0.05) is 18.2 Å². The first-order valence-corrected chi connectivity index (χ1v) is 12.1. The maximum Gasteiger partial charge on any atom is 0.242 e. The third-order valence-corrected chi connectivity index (χ3v) is 6.55. The van der Waals surface area contributed by atoms with Crippen LogP contribution in [0, 0.1) is 0 Å². The fourth-order valence-electron chi connectivity index (χ4n) is 4.42. The number of anilines is 1. The Kier molecular flexibility index (Phi) is 7.07. The van der Waals surface area contributed by atoms with Crippen LogP contribution >= 0.6 is 0 Å². The average molecular weight is 504 g/mol. The van der Waals surface area contributed by atoms with E-state index in [1.54, 1.807) is 16.9 Å². The number of carbonyl (C=O) groups is 2. The van der Waals surface area contributed by atoms with E-state index in [4.69, 9.17) is 14.2 Å². The van der Waals surface area contributed by atoms with Crippen molar-refractivity contribution >= 4 is 17.6 Å². The molecule has 0 radical (unpaired) electrons. The molecule has 2 aliphatic rings. The molecule has 1 fully saturated rings. The van der Waals surface area contributed by atoms with Crippen molar-refractivity contribution in [2.45, 2.75) is 13.5 Å². The van der Waals surface area contributed by atoms with Gasteiger partial charge in [-0.15, -0.1) is 10.2 Å². The smallest absolute Gasteiger partial charge is 0.242 e. The number of hydrogen-bond acceptors (Lipinski definition) is 8. The highest BCUT2D eigenvalue weighted by atomic mass is 16.7. The summed E-state index contributed by atoms with van der Waals surface area (Å²) in [7, 11) is 1.63. The number of benzene rings is 2. The lowest BCUT2D eigenvalue weighted by atomic mass is 10.1. The van der Waals surface area contributed by atoms with Crippen LogP contribution in [0.4, 0.5) is 5.82 Å². The Morgan fingerprint density at radius 2 is 1.78 bits per heavy atom. The van der Waals surface area contributed by atoms with E-state index in [2.05, 4.69) is 15.1 Å². The minimum Gasteiger partial charge on any atom is -0.497 e. The summed E-state index contributed by atoms with van der Waals surface area (Å²) in [5.74, 6) is 2.65. The third kappa shape index (κ3) is 5.58. The first-order valence-electron chi connectivity index (χ1n) is 12.1. The molecule has 10 heteroatoms. The van der Waals surface area contributed by atoms with E-state index in [1.807, 2.05) is 54.6 Å². The highest BCUT2D eigenvalue weighted by Crippen LogP contribution is 2.33. The zero-order valence-electron chi connectivity index (χ0n) is 20.9. The van der Waals surface area contributed by atoms with Crippen LogP contribution in [0.1, 0.15) is 12.5 Å². The van der Waals surface area contributed by atoms with Gasteiger partial charge in [0.25, 0.3) is 0 Å². The Hall–Kier alpha value is -4.34. The minimum absolute atomic E-state index is 0.0266. The Morgan fingerprint density at radius 3 is 2.51 bits per heavy atom. The predicted molar refractivity (Wildman–Crippen MR) is 136 cm³/mol. The molecular formula is C27H29N5O5. The molecule has 2 aliphatic heterocycles. The van der Waals surface area contributed by atoms with Crippen LogP contribution in [-0.4, -0.2) is 78.4 Å². The van der Waals surface area contributed by atoms with Gasteiger partial charge in [0.15, 0.2) is 17.3 Å². The Bertz CT molecular complexity index is 1270. The van der Waals surface area contributed by atoms with Crippen LogP contribution in [-0.2, 0) is 16.1 Å². The maximum absolute atomic E-state index is 13.0. The standard InChI is InChI=1S/C27H29N5O5/c1-19(33)32(16-20-6-8-24-25(14-20)37-18-36-24)17-27(34)31-12-10-30(11-13-31)26-9-7-23(28-29-26)21-4-3-5-22(15-21)35-2/h3-9,14-15H,10-13,16-18H2,1-2H3. The van der Waals surface area contributed by atoms with Gasteiger partial charge >= 0.3 is 0 Å². The number of amides is 2. The molecule has 2 aromatic carbocycles. The topological polar surface area (TPSA) is 97.3 Å². The summed E-state index contributed by atoms with van der Waals surface area (Å²) in [6, 6.07) is 17.1. The largest absolute Gasteiger partial charge is 0.497 e. The first-order chi connectivity index (χ1) is 18.0. The molecule has 10 nitrogen and oxygen atoms in total. The van der Waals surface area contributed by atoms with Crippen molar-refractivity contribution in [2.24, 2.45) is 0 Å². The third-order valence-electron chi connectivity index (χ3n) is 6.55. The minimum atomic E-state index is -0.156. The van der Waals surface area contributed by atoms with Crippen molar-refractivity contribution in [1.29, 1.82) is 0 Å². The van der Waals surface area contributed by atoms with Gasteiger partial charge in [0.05, 0.1) is 12.8 Å². The molecule has 3 aromatic rings. The van der Waals surface area contributed by atoms with E-state index in [0.29, 0.717) is 44.2 Å². The highest BCUT2D eigenvalue weighted by Gasteiger charge is 2.25. The highest BCUT2D eigenvalue weighted by molar-refractivity contribution is 5.84. The molecule has 0 unspecified atom stereocenters. The van der Waals surface area contributed by atoms with Crippen LogP contribution in [0.3, 0.4) is 0 Å². The zero-order valence-corrected chi connectivity index (χ0v) is 20.9. The summed E-state index contributed by atoms with van der Waals surface area (Å²) in [4.78, 5) is 30.7. The average Bonchev–Trinajstić information content (AvgIpc) is 3.41. The van der Waals surface area contributed by atoms with Gasteiger partial charge in [-0.05, 0) is 42.0 Å². The van der Waals surface area contributed by atoms with Gasteiger partial charge < -0.3 is 28.9 Å². The van der Waals surface area contributed by atoms with Gasteiger partial charge in [0.1, 0.15) is 12.3 Å². The monoisotopic (exact) mass is 503 g/mol. The van der Waals surface area contributed by atoms with E-state index in [-0.39, 0.29) is 25.2 Å². The summed E-state index contributed by atoms with van der Waals surface area (Å²) in [5.41, 5.74) is 2.58. The van der Waals surface area contributed by atoms with Crippen LogP contribution < -0.4 is 19.1 Å². The number of nitrogens with zero attached hydrogens (tertiary/aromatic N) is 5. The lowest BCUT2D eigenvalue weighted by Gasteiger charge is -2.36. The molecule has 1 aromatic heterocycles. The normalized spacial score (nSPS) is 14.4. The van der Waals surface area contributed by atoms with Crippen molar-refractivity contribution in [3.05, 3.63) is 60.2 Å². The summed E-state index contributed by atoms with van der Waals surface area (Å²) < 4.78 is 16.1. The van der Waals surface area contributed by atoms with Crippen molar-refractivity contribution in [2.75, 3.05) is 51.5 Å². The molecule has 0 bridgehead atoms. The van der Waals surface area contributed by atoms with Gasteiger partial charge in [0, 0.05) is 45.2 Å². The van der Waals surface area contributed by atoms with Crippen molar-refractivity contribution in [3.63, 3.8) is 0 Å². The molecule has 0 spiro atoms. The molecule has 5 rings (SSSR count). The van der Waals surface area contributed by atoms with Crippen LogP contribution in [0.25, 0.3) is 11.3 Å². The quantitative estimate of drug-likeness (QED) is 0.485. The number of fused-ring (bicyclic) bond motifs is 1. The summed E-state index contributed by atoms with van der Waals surface area (Å²) in [6.07, 6.45) is 0. The Labute approximate surface area is 215 Å². The second-order valence-electron chi connectivity index (χ2n) is 8.94. The maximum atomic E-state index is 13.0. The number of carbonyl (C=O) groups excluding carboxylic acids is 2. The van der Waals surface area contributed by atoms with Crippen molar-refractivity contribution in [1.82, 2.24) is 20.0 Å². The van der Waals surface area contributed by atoms with Gasteiger partial charge in [-0.2, -0.15) is 0 Å². The lowest BCUT2D eigenvalue weighted by Crippen LogP contribution is -2.51. The number of hydrogen-bond donors (Lipinski definition) is 0. The summed E-state index contributed by atoms with van der Waals surface area (Å²) in [5, 5.41) is 8.79. The number of aromatic nitrogens is 2. The van der Waals surface area contributed by atoms with E-state index in [1.165, 1.54) is 6.92 Å². The molecule has 2 amide bonds. The van der Waals surface area contributed by atoms with Gasteiger partial charge in [0.2, 0.25) is 18.6 Å². The molecular weight excluding hydrogens is 474 g/mol. The SMILES string of the molecule is COc1cccc(-c2ccc(N3CCN(C(=O)CN(Cc4ccc5c(c4)OCO5)C(C)=O)CC3)nn2)c1. The first kappa shape index (κ1) is 24.4. The van der Waals surface area contributed by atoms with E-state index in [9.17, 15) is 9.59 Å². The molecule has 0 saturated carbocycles. The van der Waals surface area contributed by atoms with E-state index in [0.717, 1.165) is 28.4 Å². The fraction of sp³-hybridized carbons (Fsp3) is 0.333. The number of piperazine rings is 1. The summed E-state index contributed by atoms with van der Waals surface area (Å²) >= 11 is 0. The van der Waals surface area contributed by atoms with E-state index < -0.39 is 0 Å². The van der Waals surface area contributed by atoms with E-state index >= 15 is 0 Å². The Morgan fingerprint density at radius 1 is 0.973 bits per heavy atom. The summed E-state index contributed by atoms with van der Waals surface area (Å²) in [6.45, 7) is 4.40. The van der Waals surface area contributed by atoms with Crippen molar-refractivity contribution in [3.8, 4) is 28.5 Å². The lowest BCUT2D eigenvalue weighted by molar-refractivity contribution is -0.140. The molecule has 192 valence electrons. The van der Waals surface area contributed by atoms with Crippen LogP contribution in [0.15, 0.2) is 54.6 Å².